The van der Waals surface area contributed by atoms with Gasteiger partial charge in [-0.1, -0.05) is 101 Å². The second kappa shape index (κ2) is 16.5. The molecule has 12 nitrogen and oxygen atoms in total. The van der Waals surface area contributed by atoms with E-state index in [1.54, 1.807) is 0 Å². The van der Waals surface area contributed by atoms with E-state index in [2.05, 4.69) is 0 Å². The molecule has 0 unspecified atom stereocenters. The zero-order chi connectivity index (χ0) is 49.8. The van der Waals surface area contributed by atoms with Crippen molar-refractivity contribution in [3.8, 4) is 0 Å². The Morgan fingerprint density at radius 1 is 0.236 bits per heavy atom. The van der Waals surface area contributed by atoms with E-state index in [1.807, 2.05) is 109 Å². The molecular formula is C54H30O12S6. The van der Waals surface area contributed by atoms with E-state index in [4.69, 9.17) is 0 Å². The van der Waals surface area contributed by atoms with Gasteiger partial charge in [0.25, 0.3) is 0 Å². The minimum Gasteiger partial charge on any atom is -0.478 e. The third-order valence-electron chi connectivity index (χ3n) is 14.8. The van der Waals surface area contributed by atoms with E-state index >= 15 is 0 Å². The lowest BCUT2D eigenvalue weighted by Gasteiger charge is -2.41. The highest BCUT2D eigenvalue weighted by Crippen LogP contribution is 2.62. The van der Waals surface area contributed by atoms with Crippen LogP contribution in [0.3, 0.4) is 0 Å². The highest BCUT2D eigenvalue weighted by Gasteiger charge is 2.51. The van der Waals surface area contributed by atoms with Crippen LogP contribution in [0.4, 0.5) is 0 Å². The molecular weight excluding hydrogens is 1030 g/mol. The van der Waals surface area contributed by atoms with E-state index in [0.29, 0.717) is 66.8 Å². The molecule has 354 valence electrons. The largest absolute Gasteiger partial charge is 0.478 e. The molecule has 0 amide bonds. The highest BCUT2D eigenvalue weighted by molar-refractivity contribution is 8.77. The standard InChI is InChI=1S/C54H30O12S6/c55-49(56)43-37-25-7-1-19-13-31(25)38(44(43)50(57)58)26-9-3-21(15-32(26)37)69-70-22-5-11-29-35(16-22)41-30-12-6-24(18-36(30)42(29)48(54(65)66)47(41)53(63)64)72-71-23-4-10-28-34(17-23)40-27-8-2-20(68-67-19)14-33(27)39(28)45(51(59)60)46(40)52(61)62/h1-18,37-42H,(H,55,56)(H,57,58)(H,59,60)(H,61,62)(H,63,64)(H,65,66)/t37-,38-,39-,40-,41+,42+/m1/s1. The maximum Gasteiger partial charge on any atom is 0.333 e. The first-order valence-electron chi connectivity index (χ1n) is 22.2. The van der Waals surface area contributed by atoms with Gasteiger partial charge in [-0.2, -0.15) is 0 Å². The SMILES string of the molecule is O=C(O)C1=C(C(=O)O)[C@@H]2c3ccc4cc3[C@H]1c1ccc(cc12)SSc1ccc2c(c1)[C@H]1C(C(=O)O)=C(C(=O)O)[C@@H]2c2cc(ccc21)SSc1ccc2c(c1)[C@@H]1C(C(=O)O)=C(C(=O)O)[C@H]2c2cc(ccc21)SS4. The van der Waals surface area contributed by atoms with Crippen molar-refractivity contribution < 1.29 is 59.4 Å². The molecule has 72 heavy (non-hydrogen) atoms. The summed E-state index contributed by atoms with van der Waals surface area (Å²) in [5.74, 6) is -13.2. The molecule has 24 bridgehead atoms. The monoisotopic (exact) mass is 1060 g/mol. The number of rotatable bonds is 6. The Morgan fingerprint density at radius 2 is 0.375 bits per heavy atom. The molecule has 9 aliphatic carbocycles. The molecule has 6 atom stereocenters. The van der Waals surface area contributed by atoms with Gasteiger partial charge in [0.2, 0.25) is 0 Å². The smallest absolute Gasteiger partial charge is 0.333 e. The summed E-state index contributed by atoms with van der Waals surface area (Å²) in [4.78, 5) is 83.0. The first kappa shape index (κ1) is 45.3. The number of hydrogen-bond acceptors (Lipinski definition) is 12. The number of carboxylic acids is 6. The topological polar surface area (TPSA) is 224 Å². The molecule has 6 N–H and O–H groups in total. The lowest BCUT2D eigenvalue weighted by Crippen LogP contribution is -2.34. The molecule has 17 aliphatic heterocycles. The summed E-state index contributed by atoms with van der Waals surface area (Å²) in [6.07, 6.45) is 0. The lowest BCUT2D eigenvalue weighted by atomic mass is 9.61. The van der Waals surface area contributed by atoms with Crippen molar-refractivity contribution in [3.05, 3.63) is 209 Å². The fraction of sp³-hybridized carbons (Fsp3) is 0.111. The van der Waals surface area contributed by atoms with Crippen LogP contribution in [0, 0.1) is 0 Å². The van der Waals surface area contributed by atoms with Gasteiger partial charge in [0.1, 0.15) is 0 Å². The average molecular weight is 1060 g/mol. The number of carbonyl (C=O) groups is 6. The molecule has 32 rings (SSSR count). The number of aliphatic carboxylic acids is 6. The Labute approximate surface area is 431 Å². The molecule has 0 radical (unpaired) electrons. The van der Waals surface area contributed by atoms with Crippen LogP contribution in [0.25, 0.3) is 0 Å². The third kappa shape index (κ3) is 6.55. The van der Waals surface area contributed by atoms with E-state index in [1.165, 1.54) is 64.8 Å². The second-order valence-electron chi connectivity index (χ2n) is 18.2. The Kier molecular flexibility index (Phi) is 10.4. The fourth-order valence-corrected chi connectivity index (χ4v) is 18.2. The van der Waals surface area contributed by atoms with Crippen molar-refractivity contribution in [1.29, 1.82) is 0 Å². The van der Waals surface area contributed by atoms with Gasteiger partial charge in [-0.15, -0.1) is 0 Å². The van der Waals surface area contributed by atoms with E-state index in [9.17, 15) is 59.4 Å². The summed E-state index contributed by atoms with van der Waals surface area (Å²) < 4.78 is 0. The van der Waals surface area contributed by atoms with Crippen LogP contribution in [0.1, 0.15) is 102 Å². The second-order valence-corrected chi connectivity index (χ2v) is 25.0. The molecule has 0 fully saturated rings. The number of benzene rings is 6. The van der Waals surface area contributed by atoms with Crippen LogP contribution in [-0.4, -0.2) is 66.5 Å². The Hall–Kier alpha value is -6.54. The zero-order valence-electron chi connectivity index (χ0n) is 36.4. The number of carboxylic acid groups (broad SMARTS) is 6. The first-order chi connectivity index (χ1) is 34.7. The predicted octanol–water partition coefficient (Wildman–Crippen LogP) is 11.6. The van der Waals surface area contributed by atoms with E-state index in [-0.39, 0.29) is 33.4 Å². The van der Waals surface area contributed by atoms with Gasteiger partial charge in [0.15, 0.2) is 0 Å². The van der Waals surface area contributed by atoms with E-state index in [0.717, 1.165) is 29.4 Å². The first-order valence-corrected chi connectivity index (χ1v) is 28.6. The van der Waals surface area contributed by atoms with Crippen LogP contribution in [0.5, 0.6) is 0 Å². The minimum atomic E-state index is -1.32. The molecule has 0 aromatic heterocycles. The Bertz CT molecular complexity index is 3120. The van der Waals surface area contributed by atoms with Gasteiger partial charge >= 0.3 is 35.8 Å². The van der Waals surface area contributed by atoms with Gasteiger partial charge in [-0.05, 0) is 140 Å². The van der Waals surface area contributed by atoms with E-state index < -0.39 is 71.3 Å². The van der Waals surface area contributed by atoms with Gasteiger partial charge < -0.3 is 30.6 Å². The van der Waals surface area contributed by atoms with Crippen molar-refractivity contribution in [2.24, 2.45) is 0 Å². The Morgan fingerprint density at radius 3 is 0.500 bits per heavy atom. The quantitative estimate of drug-likeness (QED) is 0.0853. The average Bonchev–Trinajstić information content (AvgIpc) is 3.37. The van der Waals surface area contributed by atoms with Crippen LogP contribution in [0.2, 0.25) is 0 Å². The van der Waals surface area contributed by atoms with Crippen LogP contribution < -0.4 is 0 Å². The molecule has 18 heteroatoms. The van der Waals surface area contributed by atoms with Crippen molar-refractivity contribution in [3.63, 3.8) is 0 Å². The fourth-order valence-electron chi connectivity index (χ4n) is 12.2. The summed E-state index contributed by atoms with van der Waals surface area (Å²) in [5, 5.41) is 63.8. The van der Waals surface area contributed by atoms with Crippen molar-refractivity contribution in [2.75, 3.05) is 0 Å². The molecule has 17 heterocycles. The number of hydrogen-bond donors (Lipinski definition) is 6. The summed E-state index contributed by atoms with van der Waals surface area (Å²) in [6.45, 7) is 0. The minimum absolute atomic E-state index is 0.192. The van der Waals surface area contributed by atoms with Gasteiger partial charge in [0.05, 0.1) is 33.4 Å². The third-order valence-corrected chi connectivity index (χ3v) is 21.9. The molecule has 6 aromatic rings. The van der Waals surface area contributed by atoms with Crippen LogP contribution >= 0.6 is 64.8 Å². The van der Waals surface area contributed by atoms with Crippen LogP contribution in [0.15, 0.2) is 172 Å². The van der Waals surface area contributed by atoms with Crippen molar-refractivity contribution >= 4 is 101 Å². The van der Waals surface area contributed by atoms with Crippen molar-refractivity contribution in [1.82, 2.24) is 0 Å². The van der Waals surface area contributed by atoms with Gasteiger partial charge in [-0.25, -0.2) is 28.8 Å². The Balaban J connectivity index is 0.967. The lowest BCUT2D eigenvalue weighted by molar-refractivity contribution is -0.136. The maximum atomic E-state index is 13.1. The van der Waals surface area contributed by atoms with Crippen molar-refractivity contribution in [2.45, 2.75) is 64.9 Å². The summed E-state index contributed by atoms with van der Waals surface area (Å²) in [6, 6.07) is 33.9. The zero-order valence-corrected chi connectivity index (χ0v) is 41.3. The molecule has 0 spiro atoms. The summed E-state index contributed by atoms with van der Waals surface area (Å²) in [5.41, 5.74) is 7.07. The van der Waals surface area contributed by atoms with Gasteiger partial charge in [-0.3, -0.25) is 0 Å². The summed E-state index contributed by atoms with van der Waals surface area (Å²) >= 11 is 0. The normalized spacial score (nSPS) is 22.3. The molecule has 6 aromatic carbocycles. The summed E-state index contributed by atoms with van der Waals surface area (Å²) in [7, 11) is 8.48. The van der Waals surface area contributed by atoms with Gasteiger partial charge in [0, 0.05) is 64.9 Å². The molecule has 0 saturated carbocycles. The molecule has 0 saturated heterocycles. The molecule has 26 aliphatic rings. The highest BCUT2D eigenvalue weighted by atomic mass is 33.1. The van der Waals surface area contributed by atoms with Crippen LogP contribution in [-0.2, 0) is 28.8 Å². The maximum absolute atomic E-state index is 13.1. The predicted molar refractivity (Wildman–Crippen MR) is 272 cm³/mol.